The summed E-state index contributed by atoms with van der Waals surface area (Å²) in [5, 5.41) is 0. The number of amides is 1. The number of rotatable bonds is 22. The van der Waals surface area contributed by atoms with Crippen molar-refractivity contribution in [1.29, 1.82) is 0 Å². The fourth-order valence-corrected chi connectivity index (χ4v) is 8.02. The Bertz CT molecular complexity index is 559. The van der Waals surface area contributed by atoms with Crippen LogP contribution >= 0.6 is 7.92 Å². The molecule has 5 heteroatoms. The molecule has 0 heterocycles. The Morgan fingerprint density at radius 2 is 0.972 bits per heavy atom. The number of nitrogen functional groups attached to an aromatic ring is 1. The first-order valence-corrected chi connectivity index (χ1v) is 18.8. The van der Waals surface area contributed by atoms with Gasteiger partial charge in [-0.2, -0.15) is 0 Å². The SMILES string of the molecule is CCCCCCCC[PH+](CCCCCCCC)CCCCCCCC.NNC(=O)c1cc[c]([Sn])cc1. The summed E-state index contributed by atoms with van der Waals surface area (Å²) < 4.78 is 1.21. The first-order valence-electron chi connectivity index (χ1n) is 15.2. The van der Waals surface area contributed by atoms with Gasteiger partial charge >= 0.3 is 77.9 Å². The Kier molecular flexibility index (Phi) is 27.8. The van der Waals surface area contributed by atoms with Crippen LogP contribution < -0.4 is 14.8 Å². The topological polar surface area (TPSA) is 55.1 Å². The summed E-state index contributed by atoms with van der Waals surface area (Å²) >= 11 is 1.34. The van der Waals surface area contributed by atoms with E-state index in [1.807, 2.05) is 12.1 Å². The van der Waals surface area contributed by atoms with Crippen LogP contribution in [-0.4, -0.2) is 46.9 Å². The molecule has 0 saturated heterocycles. The van der Waals surface area contributed by atoms with Crippen molar-refractivity contribution in [3.8, 4) is 0 Å². The molecule has 1 aromatic rings. The van der Waals surface area contributed by atoms with Crippen molar-refractivity contribution in [2.75, 3.05) is 18.5 Å². The van der Waals surface area contributed by atoms with E-state index in [-0.39, 0.29) is 13.8 Å². The maximum absolute atomic E-state index is 10.9. The van der Waals surface area contributed by atoms with E-state index in [0.29, 0.717) is 5.56 Å². The van der Waals surface area contributed by atoms with Crippen molar-refractivity contribution in [2.45, 2.75) is 136 Å². The van der Waals surface area contributed by atoms with E-state index in [1.165, 1.54) is 122 Å². The summed E-state index contributed by atoms with van der Waals surface area (Å²) in [6.45, 7) is 6.96. The number of nitrogens with two attached hydrogens (primary N) is 1. The van der Waals surface area contributed by atoms with Gasteiger partial charge in [0.05, 0.1) is 18.5 Å². The van der Waals surface area contributed by atoms with Crippen LogP contribution in [0, 0.1) is 0 Å². The molecule has 0 spiro atoms. The van der Waals surface area contributed by atoms with Gasteiger partial charge in [0.1, 0.15) is 0 Å². The second-order valence-electron chi connectivity index (χ2n) is 10.4. The zero-order chi connectivity index (χ0) is 26.7. The van der Waals surface area contributed by atoms with Crippen LogP contribution in [0.25, 0.3) is 0 Å². The Labute approximate surface area is 239 Å². The van der Waals surface area contributed by atoms with Gasteiger partial charge in [0.2, 0.25) is 0 Å². The fourth-order valence-electron chi connectivity index (χ4n) is 4.55. The quantitative estimate of drug-likeness (QED) is 0.0340. The van der Waals surface area contributed by atoms with Crippen LogP contribution in [0.3, 0.4) is 0 Å². The zero-order valence-corrected chi connectivity index (χ0v) is 28.0. The molecule has 207 valence electrons. The Morgan fingerprint density at radius 1 is 0.639 bits per heavy atom. The van der Waals surface area contributed by atoms with Gasteiger partial charge in [-0.25, -0.2) is 0 Å². The summed E-state index contributed by atoms with van der Waals surface area (Å²) in [5.41, 5.74) is 2.67. The Hall–Kier alpha value is -0.121. The van der Waals surface area contributed by atoms with Crippen molar-refractivity contribution < 1.29 is 4.79 Å². The molecular weight excluding hydrogens is 566 g/mol. The molecule has 0 aliphatic rings. The molecule has 1 rings (SSSR count). The number of hydrogen-bond donors (Lipinski definition) is 2. The molecule has 0 atom stereocenters. The third kappa shape index (κ3) is 23.0. The van der Waals surface area contributed by atoms with Crippen LogP contribution in [0.15, 0.2) is 24.3 Å². The molecule has 3 nitrogen and oxygen atoms in total. The Morgan fingerprint density at radius 3 is 1.31 bits per heavy atom. The molecule has 1 amide bonds. The summed E-state index contributed by atoms with van der Waals surface area (Å²) in [5.74, 6) is 4.70. The van der Waals surface area contributed by atoms with Crippen LogP contribution in [0.2, 0.25) is 0 Å². The molecule has 0 aliphatic heterocycles. The van der Waals surface area contributed by atoms with Crippen molar-refractivity contribution in [3.63, 3.8) is 0 Å². The number of unbranched alkanes of at least 4 members (excludes halogenated alkanes) is 15. The van der Waals surface area contributed by atoms with Gasteiger partial charge in [-0.05, 0) is 38.5 Å². The molecule has 3 radical (unpaired) electrons. The maximum atomic E-state index is 10.9. The third-order valence-corrected chi connectivity index (χ3v) is 11.1. The van der Waals surface area contributed by atoms with Crippen molar-refractivity contribution in [3.05, 3.63) is 29.8 Å². The van der Waals surface area contributed by atoms with Crippen molar-refractivity contribution in [2.24, 2.45) is 5.84 Å². The van der Waals surface area contributed by atoms with Gasteiger partial charge in [-0.15, -0.1) is 0 Å². The fraction of sp³-hybridized carbons (Fsp3) is 0.774. The summed E-state index contributed by atoms with van der Waals surface area (Å²) in [7, 11) is -0.0222. The standard InChI is InChI=1S/C24H51P.C7H7N2O.Sn/c1-4-7-10-13-16-19-22-25(23-20-17-14-11-8-5-2)24-21-18-15-12-9-6-3;8-9-7(10)6-4-2-1-3-5-6;/h4-24H2,1-3H3;2-5H,8H2,(H,9,10);/p+1. The number of carbonyl (C=O) groups excluding carboxylic acids is 1. The molecular formula is C31H59N2OPSn+. The molecule has 0 unspecified atom stereocenters. The summed E-state index contributed by atoms with van der Waals surface area (Å²) in [6, 6.07) is 7.32. The van der Waals surface area contributed by atoms with E-state index in [9.17, 15) is 4.79 Å². The molecule has 0 aliphatic carbocycles. The minimum absolute atomic E-state index is 0.0222. The van der Waals surface area contributed by atoms with Gasteiger partial charge in [0.15, 0.2) is 0 Å². The molecule has 0 saturated carbocycles. The third-order valence-electron chi connectivity index (χ3n) is 6.93. The number of nitrogens with one attached hydrogen (secondary N) is 1. The monoisotopic (exact) mass is 626 g/mol. The predicted molar refractivity (Wildman–Crippen MR) is 167 cm³/mol. The first-order chi connectivity index (χ1) is 17.6. The van der Waals surface area contributed by atoms with Crippen molar-refractivity contribution >= 4 is 39.9 Å². The van der Waals surface area contributed by atoms with E-state index in [0.717, 1.165) is 0 Å². The van der Waals surface area contributed by atoms with Gasteiger partial charge in [-0.3, -0.25) is 0 Å². The molecule has 3 N–H and O–H groups in total. The van der Waals surface area contributed by atoms with Gasteiger partial charge in [0.25, 0.3) is 0 Å². The number of carbonyl (C=O) groups is 1. The molecule has 1 aromatic carbocycles. The van der Waals surface area contributed by atoms with Gasteiger partial charge < -0.3 is 0 Å². The van der Waals surface area contributed by atoms with E-state index in [4.69, 9.17) is 5.84 Å². The average molecular weight is 626 g/mol. The predicted octanol–water partition coefficient (Wildman–Crippen LogP) is 8.37. The first kappa shape index (κ1) is 35.9. The second kappa shape index (κ2) is 27.9. The van der Waals surface area contributed by atoms with E-state index >= 15 is 0 Å². The van der Waals surface area contributed by atoms with Crippen LogP contribution in [0.4, 0.5) is 0 Å². The molecule has 0 aromatic heterocycles. The summed E-state index contributed by atoms with van der Waals surface area (Å²) in [6.07, 6.45) is 31.5. The van der Waals surface area contributed by atoms with Crippen LogP contribution in [-0.2, 0) is 0 Å². The number of hydrogen-bond acceptors (Lipinski definition) is 2. The minimum atomic E-state index is -0.249. The molecule has 0 bridgehead atoms. The normalized spacial score (nSPS) is 10.8. The Balaban J connectivity index is 0.000000918. The molecule has 36 heavy (non-hydrogen) atoms. The van der Waals surface area contributed by atoms with E-state index in [2.05, 4.69) is 26.2 Å². The number of benzene rings is 1. The van der Waals surface area contributed by atoms with Gasteiger partial charge in [-0.1, -0.05) is 97.8 Å². The molecule has 0 fully saturated rings. The number of hydrazine groups is 1. The average Bonchev–Trinajstić information content (AvgIpc) is 2.90. The van der Waals surface area contributed by atoms with Gasteiger partial charge in [0, 0.05) is 7.92 Å². The summed E-state index contributed by atoms with van der Waals surface area (Å²) in [4.78, 5) is 10.9. The van der Waals surface area contributed by atoms with Crippen LogP contribution in [0.1, 0.15) is 147 Å². The van der Waals surface area contributed by atoms with Crippen molar-refractivity contribution in [1.82, 2.24) is 5.43 Å². The van der Waals surface area contributed by atoms with E-state index < -0.39 is 0 Å². The second-order valence-corrected chi connectivity index (χ2v) is 15.0. The van der Waals surface area contributed by atoms with E-state index in [1.54, 1.807) is 49.9 Å². The van der Waals surface area contributed by atoms with Crippen LogP contribution in [0.5, 0.6) is 0 Å². The zero-order valence-electron chi connectivity index (χ0n) is 24.1.